The van der Waals surface area contributed by atoms with Crippen molar-refractivity contribution in [2.24, 2.45) is 17.1 Å². The van der Waals surface area contributed by atoms with Crippen molar-refractivity contribution in [3.05, 3.63) is 107 Å². The second-order valence-corrected chi connectivity index (χ2v) is 15.7. The Morgan fingerprint density at radius 3 is 2.28 bits per heavy atom. The number of fused-ring (bicyclic) bond motifs is 1. The summed E-state index contributed by atoms with van der Waals surface area (Å²) in [5, 5.41) is 47.9. The summed E-state index contributed by atoms with van der Waals surface area (Å²) in [5.41, 5.74) is 5.35. The topological polar surface area (TPSA) is 262 Å². The summed E-state index contributed by atoms with van der Waals surface area (Å²) in [6, 6.07) is 9.27. The minimum Gasteiger partial charge on any atom is -0.477 e. The smallest absolute Gasteiger partial charge is 0.410 e. The summed E-state index contributed by atoms with van der Waals surface area (Å²) in [5.74, 6) is -2.77. The standard InChI is InChI=1S/C34H35N7O11S2/c1-17(42)26-28-34(2,12-18-3-7-20(8-4-18)40(48)49)29(27(31(44)45)39(28)30(26)43)54-22-11-24(23-16-53-25(37-23)13-36-32(35)46)38(14-22)33(47)52-15-19-5-9-21(10-6-19)41(50)51/h3-10,16-17,22,24,26,28,42H,11-15H2,1-2H3,(H,44,45)(H3,35,36,46)/t17-,22+,24+,26-,28+,34-/m1/s1. The van der Waals surface area contributed by atoms with Gasteiger partial charge in [0, 0.05) is 51.8 Å². The molecule has 0 unspecified atom stereocenters. The molecule has 3 aromatic rings. The Balaban J connectivity index is 1.32. The molecule has 4 amide bonds. The van der Waals surface area contributed by atoms with Gasteiger partial charge in [0.25, 0.3) is 11.4 Å². The molecular weight excluding hydrogens is 747 g/mol. The number of aromatic nitrogens is 1. The third kappa shape index (κ3) is 7.31. The molecule has 284 valence electrons. The van der Waals surface area contributed by atoms with Crippen molar-refractivity contribution in [2.45, 2.75) is 63.3 Å². The molecule has 2 saturated heterocycles. The van der Waals surface area contributed by atoms with Gasteiger partial charge in [0.1, 0.15) is 17.3 Å². The van der Waals surface area contributed by atoms with Crippen molar-refractivity contribution in [3.63, 3.8) is 0 Å². The second-order valence-electron chi connectivity index (χ2n) is 13.4. The number of thiazole rings is 1. The fourth-order valence-electron chi connectivity index (χ4n) is 7.36. The number of hydrogen-bond acceptors (Lipinski definition) is 13. The molecule has 54 heavy (non-hydrogen) atoms. The summed E-state index contributed by atoms with van der Waals surface area (Å²) < 4.78 is 5.65. The number of amides is 4. The summed E-state index contributed by atoms with van der Waals surface area (Å²) >= 11 is 2.45. The van der Waals surface area contributed by atoms with Gasteiger partial charge in [-0.3, -0.25) is 29.9 Å². The Bertz CT molecular complexity index is 2040. The third-order valence-corrected chi connectivity index (χ3v) is 12.3. The molecule has 5 N–H and O–H groups in total. The second kappa shape index (κ2) is 15.0. The predicted molar refractivity (Wildman–Crippen MR) is 193 cm³/mol. The van der Waals surface area contributed by atoms with Crippen molar-refractivity contribution >= 4 is 58.5 Å². The van der Waals surface area contributed by atoms with Gasteiger partial charge in [-0.2, -0.15) is 0 Å². The number of likely N-dealkylation sites (tertiary alicyclic amines) is 1. The highest BCUT2D eigenvalue weighted by molar-refractivity contribution is 8.03. The fourth-order valence-corrected chi connectivity index (χ4v) is 9.74. The number of carbonyl (C=O) groups excluding carboxylic acids is 3. The van der Waals surface area contributed by atoms with Gasteiger partial charge in [-0.15, -0.1) is 23.1 Å². The van der Waals surface area contributed by atoms with Crippen LogP contribution in [0.3, 0.4) is 0 Å². The molecule has 0 spiro atoms. The number of thioether (sulfide) groups is 1. The number of aliphatic carboxylic acids is 1. The average Bonchev–Trinajstić information content (AvgIpc) is 3.81. The van der Waals surface area contributed by atoms with Crippen LogP contribution >= 0.6 is 23.1 Å². The van der Waals surface area contributed by atoms with E-state index in [4.69, 9.17) is 10.5 Å². The first-order valence-corrected chi connectivity index (χ1v) is 18.4. The zero-order valence-corrected chi connectivity index (χ0v) is 30.5. The molecule has 0 saturated carbocycles. The molecule has 6 atom stereocenters. The maximum absolute atomic E-state index is 13.7. The van der Waals surface area contributed by atoms with E-state index in [0.717, 1.165) is 0 Å². The zero-order valence-electron chi connectivity index (χ0n) is 28.8. The van der Waals surface area contributed by atoms with Gasteiger partial charge >= 0.3 is 18.1 Å². The predicted octanol–water partition coefficient (Wildman–Crippen LogP) is 4.08. The Hall–Kier alpha value is -5.60. The van der Waals surface area contributed by atoms with Gasteiger partial charge in [-0.25, -0.2) is 19.4 Å². The highest BCUT2D eigenvalue weighted by atomic mass is 32.2. The maximum Gasteiger partial charge on any atom is 0.410 e. The first-order valence-electron chi connectivity index (χ1n) is 16.6. The number of hydrogen-bond donors (Lipinski definition) is 4. The van der Waals surface area contributed by atoms with Crippen LogP contribution in [0.2, 0.25) is 0 Å². The summed E-state index contributed by atoms with van der Waals surface area (Å²) in [6.45, 7) is 3.22. The van der Waals surface area contributed by atoms with E-state index < -0.39 is 68.6 Å². The van der Waals surface area contributed by atoms with E-state index in [9.17, 15) is 49.6 Å². The van der Waals surface area contributed by atoms with Crippen LogP contribution in [-0.2, 0) is 33.9 Å². The van der Waals surface area contributed by atoms with E-state index >= 15 is 0 Å². The third-order valence-electron chi connectivity index (χ3n) is 9.83. The number of primary amides is 1. The number of nitrogens with one attached hydrogen (secondary N) is 1. The van der Waals surface area contributed by atoms with E-state index in [1.165, 1.54) is 76.2 Å². The minimum atomic E-state index is -1.34. The number of ether oxygens (including phenoxy) is 1. The van der Waals surface area contributed by atoms with E-state index in [1.54, 1.807) is 17.5 Å². The Kier molecular flexibility index (Phi) is 10.6. The Morgan fingerprint density at radius 2 is 1.72 bits per heavy atom. The number of benzene rings is 2. The fraction of sp³-hybridized carbons (Fsp3) is 0.382. The Labute approximate surface area is 315 Å². The maximum atomic E-state index is 13.7. The molecule has 0 aliphatic carbocycles. The normalized spacial score (nSPS) is 23.8. The summed E-state index contributed by atoms with van der Waals surface area (Å²) in [7, 11) is 0. The van der Waals surface area contributed by atoms with Crippen LogP contribution in [0.25, 0.3) is 0 Å². The lowest BCUT2D eigenvalue weighted by Crippen LogP contribution is -2.66. The van der Waals surface area contributed by atoms with Crippen LogP contribution < -0.4 is 11.1 Å². The molecule has 3 aliphatic rings. The minimum absolute atomic E-state index is 0.0566. The van der Waals surface area contributed by atoms with Gasteiger partial charge in [0.2, 0.25) is 5.91 Å². The quantitative estimate of drug-likeness (QED) is 0.108. The number of aliphatic hydroxyl groups is 1. The van der Waals surface area contributed by atoms with Gasteiger partial charge < -0.3 is 30.9 Å². The van der Waals surface area contributed by atoms with Crippen molar-refractivity contribution in [2.75, 3.05) is 6.54 Å². The average molecular weight is 782 g/mol. The first kappa shape index (κ1) is 38.1. The van der Waals surface area contributed by atoms with Crippen molar-refractivity contribution in [1.82, 2.24) is 20.1 Å². The molecule has 2 aromatic carbocycles. The summed E-state index contributed by atoms with van der Waals surface area (Å²) in [6.07, 6.45) is -1.34. The molecule has 3 aliphatic heterocycles. The zero-order chi connectivity index (χ0) is 39.1. The van der Waals surface area contributed by atoms with E-state index in [2.05, 4.69) is 10.3 Å². The number of urea groups is 1. The van der Waals surface area contributed by atoms with E-state index in [-0.39, 0.29) is 49.6 Å². The van der Waals surface area contributed by atoms with Crippen LogP contribution in [0.5, 0.6) is 0 Å². The van der Waals surface area contributed by atoms with Crippen LogP contribution in [0.4, 0.5) is 21.0 Å². The lowest BCUT2D eigenvalue weighted by molar-refractivity contribution is -0.385. The molecule has 2 fully saturated rings. The number of β-lactam (4-membered cyclic amide) rings is 1. The number of non-ortho nitro benzene ring substituents is 2. The van der Waals surface area contributed by atoms with Crippen LogP contribution in [0, 0.1) is 31.6 Å². The van der Waals surface area contributed by atoms with Gasteiger partial charge in [-0.1, -0.05) is 19.1 Å². The van der Waals surface area contributed by atoms with E-state index in [1.807, 2.05) is 6.92 Å². The van der Waals surface area contributed by atoms with Crippen molar-refractivity contribution in [3.8, 4) is 0 Å². The molecule has 4 heterocycles. The highest BCUT2D eigenvalue weighted by Gasteiger charge is 2.66. The van der Waals surface area contributed by atoms with Gasteiger partial charge in [0.05, 0.1) is 46.2 Å². The first-order chi connectivity index (χ1) is 25.6. The highest BCUT2D eigenvalue weighted by Crippen LogP contribution is 2.60. The van der Waals surface area contributed by atoms with Crippen molar-refractivity contribution in [1.29, 1.82) is 0 Å². The van der Waals surface area contributed by atoms with E-state index in [0.29, 0.717) is 26.7 Å². The molecule has 1 aromatic heterocycles. The number of aliphatic hydroxyl groups excluding tert-OH is 1. The number of carboxylic acid groups (broad SMARTS) is 1. The SMILES string of the molecule is C[C@@H](O)[C@H]1C(=O)N2C(C(=O)O)=C(S[C@H]3C[C@@H](c4csc(CNC(N)=O)n4)N(C(=O)OCc4ccc([N+](=O)[O-])cc4)C3)[C@](C)(Cc3ccc([N+](=O)[O-])cc3)[C@H]12. The number of nitrogens with zero attached hydrogens (tertiary/aromatic N) is 5. The Morgan fingerprint density at radius 1 is 1.11 bits per heavy atom. The molecule has 6 rings (SSSR count). The number of rotatable bonds is 13. The van der Waals surface area contributed by atoms with Crippen molar-refractivity contribution < 1.29 is 44.0 Å². The number of carbonyl (C=O) groups is 4. The summed E-state index contributed by atoms with van der Waals surface area (Å²) in [4.78, 5) is 80.4. The monoisotopic (exact) mass is 781 g/mol. The number of nitrogens with two attached hydrogens (primary N) is 1. The molecule has 20 heteroatoms. The molecule has 0 bridgehead atoms. The van der Waals surface area contributed by atoms with Gasteiger partial charge in [-0.05, 0) is 43.0 Å². The number of nitro benzene ring substituents is 2. The number of carboxylic acids is 1. The largest absolute Gasteiger partial charge is 0.477 e. The lowest BCUT2D eigenvalue weighted by atomic mass is 9.67. The molecular formula is C34H35N7O11S2. The molecule has 0 radical (unpaired) electrons. The number of nitro groups is 2. The van der Waals surface area contributed by atoms with Gasteiger partial charge in [0.15, 0.2) is 0 Å². The van der Waals surface area contributed by atoms with Crippen LogP contribution in [0.1, 0.15) is 48.1 Å². The lowest BCUT2D eigenvalue weighted by Gasteiger charge is -2.51. The molecule has 18 nitrogen and oxygen atoms in total. The van der Waals surface area contributed by atoms with Crippen LogP contribution in [0.15, 0.2) is 64.5 Å². The van der Waals surface area contributed by atoms with Crippen LogP contribution in [-0.4, -0.2) is 82.8 Å².